The molecule has 0 fully saturated rings. The SMILES string of the molecule is C#Cc1cccc(Nc2nc3cc(C(=O)O)ccc3c3cncnc23)c1.C#Cc1cccc(Nc2nc3cc(C(N)=O)ccc3c3cncnc23)c1.O=C(O)c1ccc2c(c1)nc(Nc1cccc(C(F)(F)F)c1)c1ncncc12.O=C(O)c1ccc2c(c1)nc(Nc1cccc(Cl)c1)c1ncncc12. The van der Waals surface area contributed by atoms with Crippen molar-refractivity contribution in [1.29, 1.82) is 0 Å². The van der Waals surface area contributed by atoms with Gasteiger partial charge in [-0.05, 0) is 121 Å². The first-order chi connectivity index (χ1) is 50.7. The molecule has 28 heteroatoms. The molecule has 0 spiro atoms. The van der Waals surface area contributed by atoms with Gasteiger partial charge in [0.05, 0.1) is 44.3 Å². The van der Waals surface area contributed by atoms with Crippen molar-refractivity contribution in [3.8, 4) is 24.7 Å². The number of alkyl halides is 3. The normalized spacial score (nSPS) is 11.0. The molecule has 105 heavy (non-hydrogen) atoms. The summed E-state index contributed by atoms with van der Waals surface area (Å²) < 4.78 is 38.9. The molecule has 8 heterocycles. The third-order valence-corrected chi connectivity index (χ3v) is 16.2. The van der Waals surface area contributed by atoms with E-state index in [9.17, 15) is 47.7 Å². The van der Waals surface area contributed by atoms with E-state index >= 15 is 0 Å². The predicted molar refractivity (Wildman–Crippen MR) is 394 cm³/mol. The highest BCUT2D eigenvalue weighted by Crippen LogP contribution is 2.37. The number of nitrogens with zero attached hydrogens (tertiary/aromatic N) is 12. The van der Waals surface area contributed by atoms with E-state index in [1.54, 1.807) is 85.5 Å². The first-order valence-corrected chi connectivity index (χ1v) is 31.4. The Kier molecular flexibility index (Phi) is 19.2. The number of rotatable bonds is 12. The second-order valence-corrected chi connectivity index (χ2v) is 23.2. The quantitative estimate of drug-likeness (QED) is 0.0416. The molecule has 16 rings (SSSR count). The number of amides is 1. The Hall–Kier alpha value is -15.0. The number of anilines is 8. The number of benzene rings is 8. The van der Waals surface area contributed by atoms with Crippen LogP contribution in [-0.4, -0.2) is 98.9 Å². The van der Waals surface area contributed by atoms with Crippen LogP contribution in [0.3, 0.4) is 0 Å². The number of hydrogen-bond acceptors (Lipinski definition) is 20. The lowest BCUT2D eigenvalue weighted by Gasteiger charge is -2.13. The molecule has 0 saturated heterocycles. The summed E-state index contributed by atoms with van der Waals surface area (Å²) in [7, 11) is 0. The fraction of sp³-hybridized carbons (Fsp3) is 0.0130. The second kappa shape index (κ2) is 29.5. The molecule has 510 valence electrons. The van der Waals surface area contributed by atoms with E-state index in [0.717, 1.165) is 72.6 Å². The zero-order chi connectivity index (χ0) is 73.5. The first kappa shape index (κ1) is 68.6. The monoisotopic (exact) mass is 1410 g/mol. The molecule has 8 aromatic carbocycles. The number of carbonyl (C=O) groups excluding carboxylic acids is 1. The van der Waals surface area contributed by atoms with Crippen LogP contribution in [0.1, 0.15) is 58.1 Å². The van der Waals surface area contributed by atoms with Crippen molar-refractivity contribution in [3.05, 3.63) is 264 Å². The molecule has 0 aliphatic heterocycles. The number of nitrogens with one attached hydrogen (secondary N) is 4. The minimum atomic E-state index is -4.48. The van der Waals surface area contributed by atoms with E-state index in [0.29, 0.717) is 82.9 Å². The minimum Gasteiger partial charge on any atom is -0.478 e. The van der Waals surface area contributed by atoms with Gasteiger partial charge < -0.3 is 42.3 Å². The molecule has 8 aromatic heterocycles. The van der Waals surface area contributed by atoms with Gasteiger partial charge in [-0.3, -0.25) is 4.79 Å². The molecule has 0 bridgehead atoms. The topological polar surface area (TPSA) is 358 Å². The molecular formula is C77H47ClF3N17O7. The van der Waals surface area contributed by atoms with Crippen LogP contribution in [0.15, 0.2) is 220 Å². The van der Waals surface area contributed by atoms with Crippen LogP contribution >= 0.6 is 11.6 Å². The fourth-order valence-corrected chi connectivity index (χ4v) is 11.3. The molecule has 0 radical (unpaired) electrons. The Bertz CT molecular complexity index is 6110. The largest absolute Gasteiger partial charge is 0.478 e. The number of carboxylic acid groups (broad SMARTS) is 3. The maximum Gasteiger partial charge on any atom is 0.416 e. The molecule has 0 unspecified atom stereocenters. The van der Waals surface area contributed by atoms with Crippen molar-refractivity contribution >= 4 is 169 Å². The Labute approximate surface area is 595 Å². The van der Waals surface area contributed by atoms with Gasteiger partial charge in [-0.2, -0.15) is 13.2 Å². The van der Waals surface area contributed by atoms with Crippen molar-refractivity contribution in [1.82, 2.24) is 59.8 Å². The van der Waals surface area contributed by atoms with E-state index < -0.39 is 35.6 Å². The van der Waals surface area contributed by atoms with Gasteiger partial charge in [0.25, 0.3) is 0 Å². The summed E-state index contributed by atoms with van der Waals surface area (Å²) in [5, 5.41) is 46.8. The number of carboxylic acids is 3. The number of aromatic nitrogens is 12. The Balaban J connectivity index is 0.000000124. The third kappa shape index (κ3) is 15.1. The van der Waals surface area contributed by atoms with E-state index in [-0.39, 0.29) is 28.2 Å². The number of fused-ring (bicyclic) bond motifs is 12. The van der Waals surface area contributed by atoms with E-state index in [4.69, 9.17) is 30.2 Å². The summed E-state index contributed by atoms with van der Waals surface area (Å²) in [6.07, 6.45) is 18.8. The van der Waals surface area contributed by atoms with Gasteiger partial charge in [-0.1, -0.05) is 72.0 Å². The lowest BCUT2D eigenvalue weighted by Crippen LogP contribution is -2.10. The number of terminal acetylenes is 2. The molecule has 0 saturated carbocycles. The minimum absolute atomic E-state index is 0.0428. The van der Waals surface area contributed by atoms with Crippen LogP contribution in [0.25, 0.3) is 87.2 Å². The van der Waals surface area contributed by atoms with Crippen molar-refractivity contribution in [2.24, 2.45) is 5.73 Å². The number of halogens is 4. The van der Waals surface area contributed by atoms with Crippen LogP contribution in [-0.2, 0) is 6.18 Å². The van der Waals surface area contributed by atoms with Crippen LogP contribution in [0.2, 0.25) is 5.02 Å². The van der Waals surface area contributed by atoms with Gasteiger partial charge in [-0.25, -0.2) is 74.2 Å². The van der Waals surface area contributed by atoms with Gasteiger partial charge in [0.15, 0.2) is 23.3 Å². The summed E-state index contributed by atoms with van der Waals surface area (Å²) in [5.41, 5.74) is 13.8. The summed E-state index contributed by atoms with van der Waals surface area (Å²) in [5.74, 6) is 3.33. The van der Waals surface area contributed by atoms with Crippen LogP contribution in [0, 0.1) is 24.7 Å². The van der Waals surface area contributed by atoms with Gasteiger partial charge in [0.1, 0.15) is 47.4 Å². The molecular weight excluding hydrogens is 1370 g/mol. The predicted octanol–water partition coefficient (Wildman–Crippen LogP) is 15.5. The van der Waals surface area contributed by atoms with E-state index in [1.165, 1.54) is 61.7 Å². The van der Waals surface area contributed by atoms with Crippen molar-refractivity contribution in [3.63, 3.8) is 0 Å². The van der Waals surface area contributed by atoms with Crippen LogP contribution in [0.5, 0.6) is 0 Å². The van der Waals surface area contributed by atoms with Crippen LogP contribution in [0.4, 0.5) is 59.2 Å². The van der Waals surface area contributed by atoms with Crippen LogP contribution < -0.4 is 27.0 Å². The van der Waals surface area contributed by atoms with Crippen molar-refractivity contribution in [2.45, 2.75) is 6.18 Å². The molecule has 16 aromatic rings. The Morgan fingerprint density at radius 2 is 0.695 bits per heavy atom. The molecule has 0 atom stereocenters. The zero-order valence-corrected chi connectivity index (χ0v) is 54.6. The highest BCUT2D eigenvalue weighted by molar-refractivity contribution is 6.31. The molecule has 24 nitrogen and oxygen atoms in total. The molecule has 0 aliphatic carbocycles. The second-order valence-electron chi connectivity index (χ2n) is 22.7. The number of nitrogens with two attached hydrogens (primary N) is 1. The van der Waals surface area contributed by atoms with Gasteiger partial charge >= 0.3 is 24.1 Å². The maximum absolute atomic E-state index is 13.0. The average molecular weight is 1410 g/mol. The third-order valence-electron chi connectivity index (χ3n) is 16.0. The first-order valence-electron chi connectivity index (χ1n) is 31.0. The van der Waals surface area contributed by atoms with E-state index in [1.807, 2.05) is 60.7 Å². The molecule has 1 amide bonds. The lowest BCUT2D eigenvalue weighted by molar-refractivity contribution is -0.137. The number of hydrogen-bond donors (Lipinski definition) is 8. The van der Waals surface area contributed by atoms with Gasteiger partial charge in [0.2, 0.25) is 5.91 Å². The standard InChI is InChI=1S/C20H13N5O.C20H12N4O2.C19H11F3N4O2.C18H11ClN4O2/c1-2-12-4-3-5-14(8-12)24-20-18-16(10-22-11-23-18)15-7-6-13(19(21)26)9-17(15)25-20;1-2-12-4-3-5-14(8-12)23-19-18-16(10-21-11-22-18)15-7-6-13(20(25)26)9-17(15)24-19;20-19(21,22)11-2-1-3-12(7-11)25-17-16-14(8-23-9-24-16)13-5-4-10(18(27)28)6-15(13)26-17;19-11-2-1-3-12(7-11)22-17-16-14(8-20-9-21-16)13-5-4-10(18(24)25)6-15(13)23-17/h1,3-11H,(H2,21,26)(H,24,25);1,3-11H,(H,23,24)(H,25,26);1-9H,(H,25,26)(H,27,28);1-9H,(H,22,23)(H,24,25). The number of primary amides is 1. The van der Waals surface area contributed by atoms with Gasteiger partial charge in [0, 0.05) is 112 Å². The number of carbonyl (C=O) groups is 4. The summed E-state index contributed by atoms with van der Waals surface area (Å²) in [6, 6.07) is 45.9. The summed E-state index contributed by atoms with van der Waals surface area (Å²) in [6.45, 7) is 0. The molecule has 9 N–H and O–H groups in total. The van der Waals surface area contributed by atoms with Crippen molar-refractivity contribution < 1.29 is 47.7 Å². The Morgan fingerprint density at radius 1 is 0.390 bits per heavy atom. The fourth-order valence-electron chi connectivity index (χ4n) is 11.1. The molecule has 0 aliphatic rings. The highest BCUT2D eigenvalue weighted by Gasteiger charge is 2.31. The Morgan fingerprint density at radius 3 is 1.01 bits per heavy atom. The smallest absolute Gasteiger partial charge is 0.416 e. The lowest BCUT2D eigenvalue weighted by atomic mass is 10.1. The highest BCUT2D eigenvalue weighted by atomic mass is 35.5. The summed E-state index contributed by atoms with van der Waals surface area (Å²) in [4.78, 5) is 96.9. The van der Waals surface area contributed by atoms with E-state index in [2.05, 4.69) is 92.9 Å². The summed E-state index contributed by atoms with van der Waals surface area (Å²) >= 11 is 6.03. The maximum atomic E-state index is 13.0. The number of aromatic carboxylic acids is 3. The zero-order valence-electron chi connectivity index (χ0n) is 53.9. The van der Waals surface area contributed by atoms with Crippen molar-refractivity contribution in [2.75, 3.05) is 21.3 Å². The average Bonchev–Trinajstić information content (AvgIpc) is 0.785. The number of pyridine rings is 4. The van der Waals surface area contributed by atoms with Gasteiger partial charge in [-0.15, -0.1) is 12.8 Å².